The Labute approximate surface area is 189 Å². The summed E-state index contributed by atoms with van der Waals surface area (Å²) in [6, 6.07) is 6.37. The maximum absolute atomic E-state index is 11.9. The maximum Gasteiger partial charge on any atom is 0.390 e. The predicted molar refractivity (Wildman–Crippen MR) is 122 cm³/mol. The number of halogens is 4. The molecule has 31 heavy (non-hydrogen) atoms. The Bertz CT molecular complexity index is 652. The lowest BCUT2D eigenvalue weighted by atomic mass is 10.2. The first-order valence-electron chi connectivity index (χ1n) is 10.9. The van der Waals surface area contributed by atoms with Gasteiger partial charge in [0.15, 0.2) is 0 Å². The van der Waals surface area contributed by atoms with E-state index in [1.54, 1.807) is 4.90 Å². The molecule has 2 heterocycles. The Morgan fingerprint density at radius 2 is 1.81 bits per heavy atom. The van der Waals surface area contributed by atoms with Crippen LogP contribution >= 0.6 is 11.6 Å². The summed E-state index contributed by atoms with van der Waals surface area (Å²) < 4.78 is 35.6. The van der Waals surface area contributed by atoms with Crippen LogP contribution in [-0.2, 0) is 4.79 Å². The number of aryl methyl sites for hydroxylation is 1. The molecule has 3 rings (SSSR count). The summed E-state index contributed by atoms with van der Waals surface area (Å²) >= 11 is 5.99. The lowest BCUT2D eigenvalue weighted by Gasteiger charge is -2.34. The lowest BCUT2D eigenvalue weighted by Crippen LogP contribution is -2.49. The third kappa shape index (κ3) is 10.6. The zero-order valence-corrected chi connectivity index (χ0v) is 19.8. The van der Waals surface area contributed by atoms with Crippen LogP contribution in [0.5, 0.6) is 0 Å². The van der Waals surface area contributed by atoms with E-state index in [1.807, 2.05) is 44.7 Å². The molecular formula is C22H36ClF3N4O. The number of nitrogens with zero attached hydrogens (tertiary/aromatic N) is 3. The number of piperazine rings is 2. The Balaban J connectivity index is 0.000000293. The summed E-state index contributed by atoms with van der Waals surface area (Å²) in [6.45, 7) is 13.7. The topological polar surface area (TPSA) is 38.8 Å². The molecule has 178 valence electrons. The molecule has 0 bridgehead atoms. The Morgan fingerprint density at radius 3 is 2.32 bits per heavy atom. The predicted octanol–water partition coefficient (Wildman–Crippen LogP) is 4.19. The van der Waals surface area contributed by atoms with Crippen LogP contribution in [0.3, 0.4) is 0 Å². The number of rotatable bonds is 4. The van der Waals surface area contributed by atoms with Gasteiger partial charge < -0.3 is 20.0 Å². The zero-order valence-electron chi connectivity index (χ0n) is 19.0. The normalized spacial score (nSPS) is 19.7. The minimum absolute atomic E-state index is 0.134. The molecule has 2 saturated heterocycles. The van der Waals surface area contributed by atoms with Crippen LogP contribution in [0, 0.1) is 6.92 Å². The number of carbonyl (C=O) groups is 1. The molecule has 0 aliphatic carbocycles. The number of carbonyl (C=O) groups excluding carboxylic acids is 1. The first-order chi connectivity index (χ1) is 14.7. The Kier molecular flexibility index (Phi) is 12.3. The molecule has 2 fully saturated rings. The average molecular weight is 465 g/mol. The second-order valence-corrected chi connectivity index (χ2v) is 7.99. The van der Waals surface area contributed by atoms with Crippen LogP contribution in [0.15, 0.2) is 18.2 Å². The maximum atomic E-state index is 11.9. The number of benzene rings is 1. The third-order valence-corrected chi connectivity index (χ3v) is 5.56. The molecule has 1 N–H and O–H groups in total. The smallest absolute Gasteiger partial charge is 0.368 e. The fraction of sp³-hybridized carbons (Fsp3) is 0.682. The van der Waals surface area contributed by atoms with Gasteiger partial charge in [-0.2, -0.15) is 13.2 Å². The first kappa shape index (κ1) is 27.5. The van der Waals surface area contributed by atoms with Crippen molar-refractivity contribution in [1.82, 2.24) is 15.1 Å². The molecule has 1 atom stereocenters. The number of anilines is 1. The highest BCUT2D eigenvalue weighted by molar-refractivity contribution is 6.31. The summed E-state index contributed by atoms with van der Waals surface area (Å²) in [7, 11) is 0. The largest absolute Gasteiger partial charge is 0.390 e. The van der Waals surface area contributed by atoms with E-state index in [4.69, 9.17) is 11.6 Å². The molecule has 0 spiro atoms. The van der Waals surface area contributed by atoms with E-state index in [2.05, 4.69) is 16.3 Å². The van der Waals surface area contributed by atoms with Gasteiger partial charge in [-0.1, -0.05) is 25.4 Å². The van der Waals surface area contributed by atoms with Gasteiger partial charge in [0, 0.05) is 69.1 Å². The Morgan fingerprint density at radius 1 is 1.16 bits per heavy atom. The molecule has 0 saturated carbocycles. The van der Waals surface area contributed by atoms with Gasteiger partial charge in [-0.15, -0.1) is 0 Å². The Hall–Kier alpha value is -1.51. The standard InChI is InChI=1S/C12H15ClN2O.C8H15F3N2.C2H6/c1-10-8-11(2-3-12(10)13)15-6-4-14(9-16)5-7-15;1-7-6-13(5-3-12-7)4-2-8(9,10)11;1-2/h2-3,8-9H,4-7H2,1H3;7,12H,2-6H2,1H3;1-2H3/t;7-;/m.0./s1. The molecule has 5 nitrogen and oxygen atoms in total. The van der Waals surface area contributed by atoms with Crippen molar-refractivity contribution in [3.63, 3.8) is 0 Å². The van der Waals surface area contributed by atoms with Crippen LogP contribution in [0.1, 0.15) is 32.8 Å². The molecule has 9 heteroatoms. The van der Waals surface area contributed by atoms with E-state index in [9.17, 15) is 18.0 Å². The number of hydrogen-bond donors (Lipinski definition) is 1. The SMILES string of the molecule is CC.C[C@H]1CN(CCC(F)(F)F)CCN1.Cc1cc(N2CCN(C=O)CC2)ccc1Cl. The van der Waals surface area contributed by atoms with Crippen molar-refractivity contribution in [3.05, 3.63) is 28.8 Å². The van der Waals surface area contributed by atoms with Crippen molar-refractivity contribution in [1.29, 1.82) is 0 Å². The quantitative estimate of drug-likeness (QED) is 0.678. The molecule has 1 aromatic carbocycles. The van der Waals surface area contributed by atoms with Crippen LogP contribution in [-0.4, -0.2) is 80.8 Å². The first-order valence-corrected chi connectivity index (χ1v) is 11.3. The third-order valence-electron chi connectivity index (χ3n) is 5.13. The van der Waals surface area contributed by atoms with E-state index in [0.29, 0.717) is 6.04 Å². The molecule has 1 amide bonds. The number of nitrogens with one attached hydrogen (secondary N) is 1. The van der Waals surface area contributed by atoms with Gasteiger partial charge in [-0.05, 0) is 37.6 Å². The van der Waals surface area contributed by atoms with Gasteiger partial charge in [0.05, 0.1) is 6.42 Å². The highest BCUT2D eigenvalue weighted by Crippen LogP contribution is 2.23. The molecule has 1 aromatic rings. The average Bonchev–Trinajstić information content (AvgIpc) is 2.76. The highest BCUT2D eigenvalue weighted by atomic mass is 35.5. The van der Waals surface area contributed by atoms with Gasteiger partial charge in [0.25, 0.3) is 0 Å². The van der Waals surface area contributed by atoms with E-state index in [-0.39, 0.29) is 6.54 Å². The van der Waals surface area contributed by atoms with Crippen molar-refractivity contribution in [2.45, 2.75) is 46.3 Å². The lowest BCUT2D eigenvalue weighted by molar-refractivity contribution is -0.138. The van der Waals surface area contributed by atoms with Gasteiger partial charge in [-0.3, -0.25) is 4.79 Å². The molecule has 0 unspecified atom stereocenters. The fourth-order valence-corrected chi connectivity index (χ4v) is 3.53. The molecule has 0 radical (unpaired) electrons. The minimum Gasteiger partial charge on any atom is -0.368 e. The zero-order chi connectivity index (χ0) is 23.4. The van der Waals surface area contributed by atoms with Crippen LogP contribution in [0.4, 0.5) is 18.9 Å². The van der Waals surface area contributed by atoms with Crippen LogP contribution in [0.2, 0.25) is 5.02 Å². The molecular weight excluding hydrogens is 429 g/mol. The summed E-state index contributed by atoms with van der Waals surface area (Å²) in [4.78, 5) is 16.5. The van der Waals surface area contributed by atoms with E-state index >= 15 is 0 Å². The molecule has 2 aliphatic heterocycles. The van der Waals surface area contributed by atoms with Gasteiger partial charge >= 0.3 is 6.18 Å². The number of hydrogen-bond acceptors (Lipinski definition) is 4. The highest BCUT2D eigenvalue weighted by Gasteiger charge is 2.28. The monoisotopic (exact) mass is 464 g/mol. The second kappa shape index (κ2) is 13.8. The summed E-state index contributed by atoms with van der Waals surface area (Å²) in [5.41, 5.74) is 2.28. The van der Waals surface area contributed by atoms with E-state index < -0.39 is 12.6 Å². The summed E-state index contributed by atoms with van der Waals surface area (Å²) in [5, 5.41) is 3.99. The van der Waals surface area contributed by atoms with Gasteiger partial charge in [0.2, 0.25) is 6.41 Å². The van der Waals surface area contributed by atoms with Gasteiger partial charge in [-0.25, -0.2) is 0 Å². The van der Waals surface area contributed by atoms with Crippen LogP contribution in [0.25, 0.3) is 0 Å². The molecule has 0 aromatic heterocycles. The number of alkyl halides is 3. The fourth-order valence-electron chi connectivity index (χ4n) is 3.41. The van der Waals surface area contributed by atoms with Gasteiger partial charge in [0.1, 0.15) is 0 Å². The minimum atomic E-state index is -4.02. The van der Waals surface area contributed by atoms with Crippen molar-refractivity contribution in [2.75, 3.05) is 57.3 Å². The summed E-state index contributed by atoms with van der Waals surface area (Å²) in [6.07, 6.45) is -3.79. The van der Waals surface area contributed by atoms with E-state index in [1.165, 1.54) is 5.69 Å². The van der Waals surface area contributed by atoms with Crippen molar-refractivity contribution < 1.29 is 18.0 Å². The van der Waals surface area contributed by atoms with Crippen LogP contribution < -0.4 is 10.2 Å². The van der Waals surface area contributed by atoms with Crippen molar-refractivity contribution >= 4 is 23.7 Å². The van der Waals surface area contributed by atoms with Crippen molar-refractivity contribution in [2.24, 2.45) is 0 Å². The molecule has 2 aliphatic rings. The van der Waals surface area contributed by atoms with E-state index in [0.717, 1.165) is 62.8 Å². The van der Waals surface area contributed by atoms with Crippen molar-refractivity contribution in [3.8, 4) is 0 Å². The second-order valence-electron chi connectivity index (χ2n) is 7.58. The summed E-state index contributed by atoms with van der Waals surface area (Å²) in [5.74, 6) is 0. The number of amides is 1.